The van der Waals surface area contributed by atoms with Gasteiger partial charge in [0.1, 0.15) is 10.8 Å². The number of nitrogens with one attached hydrogen (secondary N) is 1. The van der Waals surface area contributed by atoms with E-state index in [0.29, 0.717) is 6.04 Å². The standard InChI is InChI=1S/C16H20FN3S/c1-2-20(15-5-3-4-12(17)8-15)10-14-11-21-16(19-14)9-18-13-6-7-13/h3-5,8,11,13,18H,2,6-7,9-10H2,1H3. The average Bonchev–Trinajstić information content (AvgIpc) is 3.21. The molecule has 1 heterocycles. The van der Waals surface area contributed by atoms with Gasteiger partial charge in [0.15, 0.2) is 0 Å². The number of aromatic nitrogens is 1. The van der Waals surface area contributed by atoms with Crippen molar-refractivity contribution < 1.29 is 4.39 Å². The smallest absolute Gasteiger partial charge is 0.125 e. The van der Waals surface area contributed by atoms with Crippen LogP contribution in [0.1, 0.15) is 30.5 Å². The van der Waals surface area contributed by atoms with Crippen molar-refractivity contribution in [3.63, 3.8) is 0 Å². The molecule has 0 atom stereocenters. The van der Waals surface area contributed by atoms with E-state index in [1.165, 1.54) is 18.9 Å². The molecular formula is C16H20FN3S. The Morgan fingerprint density at radius 1 is 1.43 bits per heavy atom. The minimum Gasteiger partial charge on any atom is -0.366 e. The van der Waals surface area contributed by atoms with E-state index in [4.69, 9.17) is 0 Å². The molecule has 21 heavy (non-hydrogen) atoms. The summed E-state index contributed by atoms with van der Waals surface area (Å²) in [5.74, 6) is -0.196. The number of nitrogens with zero attached hydrogens (tertiary/aromatic N) is 2. The predicted octanol–water partition coefficient (Wildman–Crippen LogP) is 3.56. The summed E-state index contributed by atoms with van der Waals surface area (Å²) >= 11 is 1.70. The van der Waals surface area contributed by atoms with Crippen molar-refractivity contribution in [3.8, 4) is 0 Å². The minimum atomic E-state index is -0.196. The molecule has 0 aliphatic heterocycles. The summed E-state index contributed by atoms with van der Waals surface area (Å²) in [6.45, 7) is 4.49. The second kappa shape index (κ2) is 6.54. The molecule has 1 aromatic carbocycles. The lowest BCUT2D eigenvalue weighted by atomic mass is 10.2. The fraction of sp³-hybridized carbons (Fsp3) is 0.438. The van der Waals surface area contributed by atoms with Gasteiger partial charge in [0.2, 0.25) is 0 Å². The number of benzene rings is 1. The zero-order chi connectivity index (χ0) is 14.7. The molecule has 0 radical (unpaired) electrons. The molecule has 3 rings (SSSR count). The number of rotatable bonds is 7. The van der Waals surface area contributed by atoms with Crippen molar-refractivity contribution in [2.45, 2.75) is 38.9 Å². The Labute approximate surface area is 128 Å². The Hall–Kier alpha value is -1.46. The van der Waals surface area contributed by atoms with Crippen LogP contribution in [0.4, 0.5) is 10.1 Å². The van der Waals surface area contributed by atoms with Crippen LogP contribution in [0, 0.1) is 5.82 Å². The largest absolute Gasteiger partial charge is 0.366 e. The van der Waals surface area contributed by atoms with Crippen molar-refractivity contribution >= 4 is 17.0 Å². The fourth-order valence-electron chi connectivity index (χ4n) is 2.28. The maximum Gasteiger partial charge on any atom is 0.125 e. The van der Waals surface area contributed by atoms with Gasteiger partial charge in [-0.3, -0.25) is 0 Å². The van der Waals surface area contributed by atoms with Crippen LogP contribution >= 0.6 is 11.3 Å². The zero-order valence-corrected chi connectivity index (χ0v) is 13.0. The maximum absolute atomic E-state index is 13.3. The van der Waals surface area contributed by atoms with E-state index in [-0.39, 0.29) is 5.82 Å². The van der Waals surface area contributed by atoms with E-state index >= 15 is 0 Å². The average molecular weight is 305 g/mol. The highest BCUT2D eigenvalue weighted by molar-refractivity contribution is 7.09. The number of thiazole rings is 1. The Morgan fingerprint density at radius 3 is 3.00 bits per heavy atom. The highest BCUT2D eigenvalue weighted by atomic mass is 32.1. The summed E-state index contributed by atoms with van der Waals surface area (Å²) in [7, 11) is 0. The quantitative estimate of drug-likeness (QED) is 0.848. The van der Waals surface area contributed by atoms with Crippen LogP contribution in [0.5, 0.6) is 0 Å². The molecule has 0 amide bonds. The van der Waals surface area contributed by atoms with E-state index in [0.717, 1.165) is 36.0 Å². The lowest BCUT2D eigenvalue weighted by molar-refractivity contribution is 0.626. The first-order valence-corrected chi connectivity index (χ1v) is 8.29. The summed E-state index contributed by atoms with van der Waals surface area (Å²) < 4.78 is 13.3. The number of hydrogen-bond donors (Lipinski definition) is 1. The molecule has 0 saturated heterocycles. The summed E-state index contributed by atoms with van der Waals surface area (Å²) in [4.78, 5) is 6.80. The van der Waals surface area contributed by atoms with E-state index in [9.17, 15) is 4.39 Å². The third kappa shape index (κ3) is 4.02. The van der Waals surface area contributed by atoms with Crippen molar-refractivity contribution in [2.24, 2.45) is 0 Å². The molecule has 3 nitrogen and oxygen atoms in total. The van der Waals surface area contributed by atoms with Gasteiger partial charge in [-0.15, -0.1) is 11.3 Å². The molecule has 1 fully saturated rings. The fourth-order valence-corrected chi connectivity index (χ4v) is 3.01. The lowest BCUT2D eigenvalue weighted by Crippen LogP contribution is -2.22. The summed E-state index contributed by atoms with van der Waals surface area (Å²) in [5.41, 5.74) is 1.96. The van der Waals surface area contributed by atoms with Crippen LogP contribution < -0.4 is 10.2 Å². The molecular weight excluding hydrogens is 285 g/mol. The second-order valence-electron chi connectivity index (χ2n) is 5.38. The molecule has 0 spiro atoms. The summed E-state index contributed by atoms with van der Waals surface area (Å²) in [5, 5.41) is 6.71. The third-order valence-corrected chi connectivity index (χ3v) is 4.52. The zero-order valence-electron chi connectivity index (χ0n) is 12.2. The molecule has 1 aliphatic carbocycles. The lowest BCUT2D eigenvalue weighted by Gasteiger charge is -2.22. The number of anilines is 1. The molecule has 2 aromatic rings. The van der Waals surface area contributed by atoms with E-state index in [1.807, 2.05) is 6.07 Å². The van der Waals surface area contributed by atoms with Gasteiger partial charge >= 0.3 is 0 Å². The van der Waals surface area contributed by atoms with Gasteiger partial charge in [-0.2, -0.15) is 0 Å². The first-order valence-electron chi connectivity index (χ1n) is 7.42. The Kier molecular flexibility index (Phi) is 4.51. The molecule has 0 unspecified atom stereocenters. The maximum atomic E-state index is 13.3. The monoisotopic (exact) mass is 305 g/mol. The first kappa shape index (κ1) is 14.5. The summed E-state index contributed by atoms with van der Waals surface area (Å²) in [6, 6.07) is 7.44. The molecule has 112 valence electrons. The number of halogens is 1. The van der Waals surface area contributed by atoms with Gasteiger partial charge in [-0.25, -0.2) is 9.37 Å². The number of hydrogen-bond acceptors (Lipinski definition) is 4. The topological polar surface area (TPSA) is 28.2 Å². The van der Waals surface area contributed by atoms with Crippen molar-refractivity contribution in [1.29, 1.82) is 0 Å². The van der Waals surface area contributed by atoms with Gasteiger partial charge in [-0.1, -0.05) is 6.07 Å². The highest BCUT2D eigenvalue weighted by Crippen LogP contribution is 2.21. The van der Waals surface area contributed by atoms with Gasteiger partial charge in [0.25, 0.3) is 0 Å². The van der Waals surface area contributed by atoms with E-state index in [1.54, 1.807) is 23.5 Å². The SMILES string of the molecule is CCN(Cc1csc(CNC2CC2)n1)c1cccc(F)c1. The van der Waals surface area contributed by atoms with Crippen LogP contribution in [0.2, 0.25) is 0 Å². The second-order valence-corrected chi connectivity index (χ2v) is 6.32. The van der Waals surface area contributed by atoms with Gasteiger partial charge < -0.3 is 10.2 Å². The Bertz CT molecular complexity index is 595. The van der Waals surface area contributed by atoms with Gasteiger partial charge in [0, 0.05) is 30.2 Å². The van der Waals surface area contributed by atoms with Crippen molar-refractivity contribution in [3.05, 3.63) is 46.2 Å². The van der Waals surface area contributed by atoms with E-state index < -0.39 is 0 Å². The van der Waals surface area contributed by atoms with Crippen LogP contribution in [0.3, 0.4) is 0 Å². The highest BCUT2D eigenvalue weighted by Gasteiger charge is 2.20. The molecule has 5 heteroatoms. The van der Waals surface area contributed by atoms with Gasteiger partial charge in [-0.05, 0) is 38.0 Å². The molecule has 1 aromatic heterocycles. The minimum absolute atomic E-state index is 0.196. The first-order chi connectivity index (χ1) is 10.2. The Balaban J connectivity index is 1.63. The van der Waals surface area contributed by atoms with Crippen LogP contribution in [-0.4, -0.2) is 17.6 Å². The van der Waals surface area contributed by atoms with Crippen LogP contribution in [-0.2, 0) is 13.1 Å². The van der Waals surface area contributed by atoms with Gasteiger partial charge in [0.05, 0.1) is 12.2 Å². The normalized spacial score (nSPS) is 14.4. The Morgan fingerprint density at radius 2 is 2.29 bits per heavy atom. The third-order valence-electron chi connectivity index (χ3n) is 3.63. The van der Waals surface area contributed by atoms with Crippen molar-refractivity contribution in [1.82, 2.24) is 10.3 Å². The molecule has 0 bridgehead atoms. The van der Waals surface area contributed by atoms with E-state index in [2.05, 4.69) is 27.5 Å². The van der Waals surface area contributed by atoms with Crippen LogP contribution in [0.25, 0.3) is 0 Å². The summed E-state index contributed by atoms with van der Waals surface area (Å²) in [6.07, 6.45) is 2.59. The molecule has 1 aliphatic rings. The molecule has 1 N–H and O–H groups in total. The van der Waals surface area contributed by atoms with Crippen molar-refractivity contribution in [2.75, 3.05) is 11.4 Å². The molecule has 1 saturated carbocycles. The van der Waals surface area contributed by atoms with Crippen LogP contribution in [0.15, 0.2) is 29.6 Å². The predicted molar refractivity (Wildman–Crippen MR) is 85.1 cm³/mol.